The first kappa shape index (κ1) is 17.2. The molecule has 0 aliphatic heterocycles. The zero-order valence-electron chi connectivity index (χ0n) is 13.0. The summed E-state index contributed by atoms with van der Waals surface area (Å²) in [6.45, 7) is 16.0. The van der Waals surface area contributed by atoms with Crippen molar-refractivity contribution in [3.8, 4) is 0 Å². The molecule has 0 saturated heterocycles. The van der Waals surface area contributed by atoms with Gasteiger partial charge < -0.3 is 11.1 Å². The molecule has 0 aliphatic carbocycles. The molecular weight excluding hydrogens is 224 g/mol. The highest BCUT2D eigenvalue weighted by Crippen LogP contribution is 2.05. The van der Waals surface area contributed by atoms with Crippen LogP contribution in [-0.2, 0) is 0 Å². The minimum absolute atomic E-state index is 0.558. The zero-order chi connectivity index (χ0) is 14.1. The summed E-state index contributed by atoms with van der Waals surface area (Å²) >= 11 is 0. The molecule has 0 radical (unpaired) electrons. The second-order valence-corrected chi connectivity index (χ2v) is 5.83. The maximum absolute atomic E-state index is 5.78. The molecule has 0 aliphatic rings. The van der Waals surface area contributed by atoms with Crippen LogP contribution in [0.2, 0.25) is 0 Å². The molecule has 0 amide bonds. The largest absolute Gasteiger partial charge is 0.370 e. The topological polar surface area (TPSA) is 53.6 Å². The summed E-state index contributed by atoms with van der Waals surface area (Å²) in [5.41, 5.74) is 5.78. The number of nitrogens with one attached hydrogen (secondary N) is 1. The van der Waals surface area contributed by atoms with Crippen molar-refractivity contribution < 1.29 is 0 Å². The highest BCUT2D eigenvalue weighted by atomic mass is 15.2. The molecule has 0 heterocycles. The monoisotopic (exact) mass is 256 g/mol. The summed E-state index contributed by atoms with van der Waals surface area (Å²) < 4.78 is 0. The van der Waals surface area contributed by atoms with E-state index in [1.165, 1.54) is 0 Å². The summed E-state index contributed by atoms with van der Waals surface area (Å²) in [7, 11) is 0. The van der Waals surface area contributed by atoms with Crippen LogP contribution >= 0.6 is 0 Å². The van der Waals surface area contributed by atoms with Crippen molar-refractivity contribution >= 4 is 5.96 Å². The van der Waals surface area contributed by atoms with E-state index in [2.05, 4.69) is 56.8 Å². The van der Waals surface area contributed by atoms with E-state index in [0.717, 1.165) is 26.1 Å². The lowest BCUT2D eigenvalue weighted by atomic mass is 10.2. The predicted octanol–water partition coefficient (Wildman–Crippen LogP) is 2.06. The number of guanidine groups is 1. The third-order valence-corrected chi connectivity index (χ3v) is 2.85. The van der Waals surface area contributed by atoms with Gasteiger partial charge in [0.25, 0.3) is 0 Å². The summed E-state index contributed by atoms with van der Waals surface area (Å²) in [6, 6.07) is 1.19. The van der Waals surface area contributed by atoms with Gasteiger partial charge in [0.15, 0.2) is 5.96 Å². The molecule has 3 N–H and O–H groups in total. The number of hydrogen-bond donors (Lipinski definition) is 2. The lowest BCUT2D eigenvalue weighted by Gasteiger charge is -2.30. The van der Waals surface area contributed by atoms with Crippen molar-refractivity contribution in [1.82, 2.24) is 10.2 Å². The van der Waals surface area contributed by atoms with Gasteiger partial charge in [0.2, 0.25) is 0 Å². The van der Waals surface area contributed by atoms with Gasteiger partial charge in [-0.05, 0) is 40.0 Å². The molecule has 0 spiro atoms. The van der Waals surface area contributed by atoms with Gasteiger partial charge in [0, 0.05) is 31.7 Å². The lowest BCUT2D eigenvalue weighted by Crippen LogP contribution is -2.40. The highest BCUT2D eigenvalue weighted by molar-refractivity contribution is 5.77. The van der Waals surface area contributed by atoms with E-state index in [0.29, 0.717) is 24.0 Å². The van der Waals surface area contributed by atoms with Crippen LogP contribution < -0.4 is 11.1 Å². The molecule has 0 atom stereocenters. The summed E-state index contributed by atoms with van der Waals surface area (Å²) in [4.78, 5) is 6.77. The van der Waals surface area contributed by atoms with Crippen molar-refractivity contribution in [3.63, 3.8) is 0 Å². The molecule has 0 saturated carbocycles. The Morgan fingerprint density at radius 2 is 1.67 bits per heavy atom. The van der Waals surface area contributed by atoms with Gasteiger partial charge >= 0.3 is 0 Å². The van der Waals surface area contributed by atoms with Crippen LogP contribution in [0.5, 0.6) is 0 Å². The molecule has 4 nitrogen and oxygen atoms in total. The molecule has 0 bridgehead atoms. The summed E-state index contributed by atoms with van der Waals surface area (Å²) in [6.07, 6.45) is 1.09. The number of nitrogens with zero attached hydrogens (tertiary/aromatic N) is 2. The predicted molar refractivity (Wildman–Crippen MR) is 80.9 cm³/mol. The molecule has 0 fully saturated rings. The molecule has 0 rings (SSSR count). The van der Waals surface area contributed by atoms with E-state index in [1.807, 2.05) is 0 Å². The van der Waals surface area contributed by atoms with E-state index in [4.69, 9.17) is 5.73 Å². The average molecular weight is 256 g/mol. The maximum Gasteiger partial charge on any atom is 0.188 e. The van der Waals surface area contributed by atoms with Crippen molar-refractivity contribution in [2.24, 2.45) is 16.6 Å². The molecule has 0 aromatic carbocycles. The van der Waals surface area contributed by atoms with E-state index < -0.39 is 0 Å². The van der Waals surface area contributed by atoms with Gasteiger partial charge in [-0.3, -0.25) is 9.89 Å². The SMILES string of the molecule is CC(C)CN=C(N)NCCCN(C(C)C)C(C)C. The first-order chi connectivity index (χ1) is 8.34. The minimum atomic E-state index is 0.558. The van der Waals surface area contributed by atoms with E-state index in [-0.39, 0.29) is 0 Å². The second kappa shape index (κ2) is 9.20. The fourth-order valence-electron chi connectivity index (χ4n) is 1.93. The number of hydrogen-bond acceptors (Lipinski definition) is 2. The van der Waals surface area contributed by atoms with Crippen LogP contribution in [-0.4, -0.2) is 42.6 Å². The van der Waals surface area contributed by atoms with Gasteiger partial charge in [-0.2, -0.15) is 0 Å². The smallest absolute Gasteiger partial charge is 0.188 e. The Hall–Kier alpha value is -0.770. The average Bonchev–Trinajstić information content (AvgIpc) is 2.24. The third kappa shape index (κ3) is 8.34. The molecule has 0 aromatic rings. The summed E-state index contributed by atoms with van der Waals surface area (Å²) in [5, 5.41) is 3.17. The fraction of sp³-hybridized carbons (Fsp3) is 0.929. The number of aliphatic imine (C=N–C) groups is 1. The van der Waals surface area contributed by atoms with Gasteiger partial charge in [-0.15, -0.1) is 0 Å². The third-order valence-electron chi connectivity index (χ3n) is 2.85. The van der Waals surface area contributed by atoms with Gasteiger partial charge in [0.1, 0.15) is 0 Å². The van der Waals surface area contributed by atoms with E-state index in [1.54, 1.807) is 0 Å². The van der Waals surface area contributed by atoms with E-state index >= 15 is 0 Å². The fourth-order valence-corrected chi connectivity index (χ4v) is 1.93. The molecule has 18 heavy (non-hydrogen) atoms. The van der Waals surface area contributed by atoms with Crippen LogP contribution in [0.4, 0.5) is 0 Å². The number of nitrogens with two attached hydrogens (primary N) is 1. The van der Waals surface area contributed by atoms with Crippen LogP contribution in [0, 0.1) is 5.92 Å². The van der Waals surface area contributed by atoms with Crippen LogP contribution in [0.1, 0.15) is 48.0 Å². The Balaban J connectivity index is 3.81. The second-order valence-electron chi connectivity index (χ2n) is 5.83. The van der Waals surface area contributed by atoms with Crippen molar-refractivity contribution in [2.45, 2.75) is 60.0 Å². The normalized spacial score (nSPS) is 13.1. The van der Waals surface area contributed by atoms with Gasteiger partial charge in [-0.25, -0.2) is 0 Å². The zero-order valence-corrected chi connectivity index (χ0v) is 13.0. The van der Waals surface area contributed by atoms with Crippen molar-refractivity contribution in [3.05, 3.63) is 0 Å². The molecule has 108 valence electrons. The van der Waals surface area contributed by atoms with Gasteiger partial charge in [0.05, 0.1) is 0 Å². The lowest BCUT2D eigenvalue weighted by molar-refractivity contribution is 0.173. The molecular formula is C14H32N4. The minimum Gasteiger partial charge on any atom is -0.370 e. The standard InChI is InChI=1S/C14H32N4/c1-11(2)10-17-14(15)16-8-7-9-18(12(3)4)13(5)6/h11-13H,7-10H2,1-6H3,(H3,15,16,17). The van der Waals surface area contributed by atoms with Crippen LogP contribution in [0.25, 0.3) is 0 Å². The molecule has 4 heteroatoms. The Labute approximate surface area is 113 Å². The maximum atomic E-state index is 5.78. The van der Waals surface area contributed by atoms with Crippen molar-refractivity contribution in [1.29, 1.82) is 0 Å². The Morgan fingerprint density at radius 1 is 1.11 bits per heavy atom. The Kier molecular flexibility index (Phi) is 8.81. The summed E-state index contributed by atoms with van der Waals surface area (Å²) in [5.74, 6) is 1.13. The Morgan fingerprint density at radius 3 is 2.11 bits per heavy atom. The number of rotatable bonds is 8. The quantitative estimate of drug-likeness (QED) is 0.397. The van der Waals surface area contributed by atoms with E-state index in [9.17, 15) is 0 Å². The molecule has 0 aromatic heterocycles. The molecule has 0 unspecified atom stereocenters. The Bertz CT molecular complexity index is 226. The first-order valence-corrected chi connectivity index (χ1v) is 7.14. The van der Waals surface area contributed by atoms with Crippen molar-refractivity contribution in [2.75, 3.05) is 19.6 Å². The van der Waals surface area contributed by atoms with Gasteiger partial charge in [-0.1, -0.05) is 13.8 Å². The highest BCUT2D eigenvalue weighted by Gasteiger charge is 2.11. The first-order valence-electron chi connectivity index (χ1n) is 7.14. The van der Waals surface area contributed by atoms with Crippen LogP contribution in [0.15, 0.2) is 4.99 Å². The van der Waals surface area contributed by atoms with Crippen LogP contribution in [0.3, 0.4) is 0 Å².